The standard InChI is InChI=1S/C21H28N4O5S2/c1-15(2)14-18(17(21(27)24-28)10-7-11-19-22-12-13-31-19)20(26)23-25(32(3,29)30)16-8-5-4-6-9-16/h4-9,11-13,15,17-18,28H,10,14H2,1-3H3,(H,23,26)(H,24,27)/t17-,18+/m0/s1. The number of anilines is 1. The molecular weight excluding hydrogens is 452 g/mol. The molecular formula is C21H28N4O5S2. The number of allylic oxidation sites excluding steroid dienone is 1. The summed E-state index contributed by atoms with van der Waals surface area (Å²) >= 11 is 1.42. The van der Waals surface area contributed by atoms with Crippen LogP contribution in [0.2, 0.25) is 0 Å². The van der Waals surface area contributed by atoms with E-state index < -0.39 is 33.7 Å². The van der Waals surface area contributed by atoms with Crippen LogP contribution < -0.4 is 15.3 Å². The Labute approximate surface area is 192 Å². The van der Waals surface area contributed by atoms with E-state index in [0.717, 1.165) is 15.7 Å². The highest BCUT2D eigenvalue weighted by atomic mass is 32.2. The van der Waals surface area contributed by atoms with Gasteiger partial charge >= 0.3 is 0 Å². The fraction of sp³-hybridized carbons (Fsp3) is 0.381. The van der Waals surface area contributed by atoms with Gasteiger partial charge in [0, 0.05) is 11.6 Å². The van der Waals surface area contributed by atoms with E-state index in [0.29, 0.717) is 6.42 Å². The van der Waals surface area contributed by atoms with Crippen molar-refractivity contribution in [2.24, 2.45) is 17.8 Å². The first-order valence-corrected chi connectivity index (χ1v) is 12.7. The summed E-state index contributed by atoms with van der Waals surface area (Å²) in [5.41, 5.74) is 4.35. The van der Waals surface area contributed by atoms with E-state index in [-0.39, 0.29) is 18.0 Å². The lowest BCUT2D eigenvalue weighted by Crippen LogP contribution is -2.51. The Hall–Kier alpha value is -2.76. The zero-order chi connectivity index (χ0) is 23.7. The van der Waals surface area contributed by atoms with Crippen LogP contribution in [0.5, 0.6) is 0 Å². The van der Waals surface area contributed by atoms with Gasteiger partial charge in [0.1, 0.15) is 5.01 Å². The molecule has 2 amide bonds. The van der Waals surface area contributed by atoms with Crippen molar-refractivity contribution in [3.63, 3.8) is 0 Å². The summed E-state index contributed by atoms with van der Waals surface area (Å²) in [6.45, 7) is 3.79. The predicted molar refractivity (Wildman–Crippen MR) is 124 cm³/mol. The van der Waals surface area contributed by atoms with E-state index in [2.05, 4.69) is 10.4 Å². The predicted octanol–water partition coefficient (Wildman–Crippen LogP) is 2.83. The number of thiazole rings is 1. The number of nitrogens with zero attached hydrogens (tertiary/aromatic N) is 2. The maximum Gasteiger partial charge on any atom is 0.249 e. The third-order valence-corrected chi connectivity index (χ3v) is 6.34. The number of rotatable bonds is 11. The van der Waals surface area contributed by atoms with Gasteiger partial charge in [-0.1, -0.05) is 38.1 Å². The number of nitrogens with one attached hydrogen (secondary N) is 2. The Balaban J connectivity index is 2.32. The Morgan fingerprint density at radius 1 is 1.19 bits per heavy atom. The molecule has 0 fully saturated rings. The van der Waals surface area contributed by atoms with Gasteiger partial charge in [0.15, 0.2) is 0 Å². The van der Waals surface area contributed by atoms with E-state index in [1.165, 1.54) is 11.3 Å². The van der Waals surface area contributed by atoms with Crippen molar-refractivity contribution in [3.8, 4) is 0 Å². The second kappa shape index (κ2) is 11.7. The number of para-hydroxylation sites is 1. The van der Waals surface area contributed by atoms with Crippen LogP contribution in [0.4, 0.5) is 5.69 Å². The lowest BCUT2D eigenvalue weighted by molar-refractivity contribution is -0.140. The average molecular weight is 481 g/mol. The van der Waals surface area contributed by atoms with Crippen LogP contribution in [0.15, 0.2) is 48.0 Å². The molecule has 0 bridgehead atoms. The molecule has 1 aromatic carbocycles. The number of benzene rings is 1. The summed E-state index contributed by atoms with van der Waals surface area (Å²) in [6.07, 6.45) is 6.54. The second-order valence-corrected chi connectivity index (χ2v) is 10.4. The smallest absolute Gasteiger partial charge is 0.249 e. The molecule has 0 spiro atoms. The van der Waals surface area contributed by atoms with E-state index in [1.54, 1.807) is 54.2 Å². The van der Waals surface area contributed by atoms with Gasteiger partial charge in [-0.05, 0) is 37.0 Å². The van der Waals surface area contributed by atoms with Gasteiger partial charge in [0.2, 0.25) is 21.8 Å². The van der Waals surface area contributed by atoms with Crippen LogP contribution in [0.3, 0.4) is 0 Å². The first-order chi connectivity index (χ1) is 15.1. The van der Waals surface area contributed by atoms with Crippen LogP contribution >= 0.6 is 11.3 Å². The number of aromatic nitrogens is 1. The molecule has 0 aliphatic carbocycles. The largest absolute Gasteiger partial charge is 0.289 e. The summed E-state index contributed by atoms with van der Waals surface area (Å²) in [5.74, 6) is -3.14. The van der Waals surface area contributed by atoms with E-state index in [9.17, 15) is 23.2 Å². The average Bonchev–Trinajstić information content (AvgIpc) is 3.26. The number of hydrazine groups is 1. The fourth-order valence-electron chi connectivity index (χ4n) is 3.22. The van der Waals surface area contributed by atoms with Gasteiger partial charge in [-0.15, -0.1) is 11.3 Å². The molecule has 2 rings (SSSR count). The SMILES string of the molecule is CC(C)C[C@@H](C(=O)NN(c1ccccc1)S(C)(=O)=O)[C@H](CC=Cc1nccs1)C(=O)NO. The van der Waals surface area contributed by atoms with Crippen molar-refractivity contribution in [2.45, 2.75) is 26.7 Å². The van der Waals surface area contributed by atoms with Crippen molar-refractivity contribution in [1.82, 2.24) is 15.9 Å². The van der Waals surface area contributed by atoms with E-state index in [4.69, 9.17) is 0 Å². The van der Waals surface area contributed by atoms with Crippen LogP contribution in [-0.2, 0) is 19.6 Å². The molecule has 2 aromatic rings. The third kappa shape index (κ3) is 7.43. The van der Waals surface area contributed by atoms with Crippen LogP contribution in [-0.4, -0.2) is 36.7 Å². The Morgan fingerprint density at radius 2 is 1.88 bits per heavy atom. The minimum absolute atomic E-state index is 0.0334. The molecule has 174 valence electrons. The van der Waals surface area contributed by atoms with Gasteiger partial charge in [-0.3, -0.25) is 20.2 Å². The maximum absolute atomic E-state index is 13.2. The number of sulfonamides is 1. The molecule has 0 radical (unpaired) electrons. The fourth-order valence-corrected chi connectivity index (χ4v) is 4.53. The highest BCUT2D eigenvalue weighted by Gasteiger charge is 2.35. The summed E-state index contributed by atoms with van der Waals surface area (Å²) in [4.78, 5) is 29.8. The minimum atomic E-state index is -3.84. The highest BCUT2D eigenvalue weighted by Crippen LogP contribution is 2.26. The van der Waals surface area contributed by atoms with Crippen molar-refractivity contribution < 1.29 is 23.2 Å². The molecule has 32 heavy (non-hydrogen) atoms. The van der Waals surface area contributed by atoms with E-state index >= 15 is 0 Å². The normalized spacial score (nSPS) is 13.7. The summed E-state index contributed by atoms with van der Waals surface area (Å²) < 4.78 is 25.5. The molecule has 11 heteroatoms. The van der Waals surface area contributed by atoms with Crippen molar-refractivity contribution in [3.05, 3.63) is 53.0 Å². The molecule has 0 aliphatic heterocycles. The molecule has 2 atom stereocenters. The summed E-state index contributed by atoms with van der Waals surface area (Å²) in [7, 11) is -3.84. The minimum Gasteiger partial charge on any atom is -0.289 e. The van der Waals surface area contributed by atoms with Crippen LogP contribution in [0.25, 0.3) is 6.08 Å². The number of carbonyl (C=O) groups excluding carboxylic acids is 2. The zero-order valence-corrected chi connectivity index (χ0v) is 19.8. The van der Waals surface area contributed by atoms with Crippen molar-refractivity contribution in [2.75, 3.05) is 10.7 Å². The molecule has 0 saturated heterocycles. The lowest BCUT2D eigenvalue weighted by Gasteiger charge is -2.29. The zero-order valence-electron chi connectivity index (χ0n) is 18.1. The lowest BCUT2D eigenvalue weighted by atomic mass is 9.82. The summed E-state index contributed by atoms with van der Waals surface area (Å²) in [5, 5.41) is 11.8. The van der Waals surface area contributed by atoms with Gasteiger partial charge in [0.05, 0.1) is 23.8 Å². The number of hydrogen-bond donors (Lipinski definition) is 3. The molecule has 0 aliphatic rings. The topological polar surface area (TPSA) is 129 Å². The Kier molecular flexibility index (Phi) is 9.36. The molecule has 1 aromatic heterocycles. The van der Waals surface area contributed by atoms with Crippen LogP contribution in [0.1, 0.15) is 31.7 Å². The first-order valence-electron chi connectivity index (χ1n) is 9.99. The highest BCUT2D eigenvalue weighted by molar-refractivity contribution is 7.92. The molecule has 1 heterocycles. The number of amides is 2. The third-order valence-electron chi connectivity index (χ3n) is 4.63. The second-order valence-electron chi connectivity index (χ2n) is 7.67. The monoisotopic (exact) mass is 480 g/mol. The summed E-state index contributed by atoms with van der Waals surface area (Å²) in [6, 6.07) is 8.12. The maximum atomic E-state index is 13.2. The quantitative estimate of drug-likeness (QED) is 0.335. The van der Waals surface area contributed by atoms with Gasteiger partial charge in [-0.2, -0.15) is 4.41 Å². The molecule has 0 saturated carbocycles. The molecule has 3 N–H and O–H groups in total. The number of hydrogen-bond acceptors (Lipinski definition) is 7. The van der Waals surface area contributed by atoms with Gasteiger partial charge < -0.3 is 0 Å². The van der Waals surface area contributed by atoms with Crippen LogP contribution in [0, 0.1) is 17.8 Å². The van der Waals surface area contributed by atoms with Crippen molar-refractivity contribution in [1.29, 1.82) is 0 Å². The Bertz CT molecular complexity index is 1010. The number of carbonyl (C=O) groups is 2. The Morgan fingerprint density at radius 3 is 2.41 bits per heavy atom. The molecule has 0 unspecified atom stereocenters. The van der Waals surface area contributed by atoms with Gasteiger partial charge in [0.25, 0.3) is 0 Å². The molecule has 9 nitrogen and oxygen atoms in total. The number of hydroxylamine groups is 1. The van der Waals surface area contributed by atoms with Gasteiger partial charge in [-0.25, -0.2) is 18.9 Å². The van der Waals surface area contributed by atoms with Crippen molar-refractivity contribution >= 4 is 44.9 Å². The van der Waals surface area contributed by atoms with E-state index in [1.807, 2.05) is 19.2 Å². The first kappa shape index (κ1) is 25.5.